The van der Waals surface area contributed by atoms with Crippen molar-refractivity contribution in [3.05, 3.63) is 17.5 Å². The van der Waals surface area contributed by atoms with E-state index in [1.54, 1.807) is 0 Å². The second-order valence-corrected chi connectivity index (χ2v) is 2.53. The summed E-state index contributed by atoms with van der Waals surface area (Å²) in [5.74, 6) is 0. The van der Waals surface area contributed by atoms with Crippen molar-refractivity contribution < 1.29 is 26.3 Å². The van der Waals surface area contributed by atoms with E-state index in [0.717, 1.165) is 7.98 Å². The molecular weight excluding hydrogens is 213 g/mol. The summed E-state index contributed by atoms with van der Waals surface area (Å²) in [6.07, 6.45) is -9.69. The van der Waals surface area contributed by atoms with Crippen molar-refractivity contribution in [1.82, 2.24) is 9.69 Å². The lowest BCUT2D eigenvalue weighted by Crippen LogP contribution is -2.12. The van der Waals surface area contributed by atoms with Crippen LogP contribution < -0.4 is 0 Å². The molecule has 1 aromatic heterocycles. The van der Waals surface area contributed by atoms with Crippen LogP contribution in [0, 0.1) is 0 Å². The summed E-state index contributed by atoms with van der Waals surface area (Å²) in [5, 5.41) is 2.72. The molecule has 0 aliphatic carbocycles. The van der Waals surface area contributed by atoms with Crippen LogP contribution in [0.4, 0.5) is 26.3 Å². The lowest BCUT2D eigenvalue weighted by molar-refractivity contribution is -0.143. The van der Waals surface area contributed by atoms with Crippen LogP contribution in [0.2, 0.25) is 0 Å². The Morgan fingerprint density at radius 2 is 1.57 bits per heavy atom. The quantitative estimate of drug-likeness (QED) is 0.472. The molecule has 0 saturated heterocycles. The number of halogens is 6. The van der Waals surface area contributed by atoms with Crippen LogP contribution in [0.5, 0.6) is 0 Å². The monoisotopic (exact) mass is 216 g/mol. The highest BCUT2D eigenvalue weighted by atomic mass is 19.4. The van der Waals surface area contributed by atoms with Gasteiger partial charge in [0, 0.05) is 0 Å². The molecule has 1 rings (SSSR count). The Morgan fingerprint density at radius 1 is 1.07 bits per heavy atom. The first kappa shape index (κ1) is 10.9. The molecule has 0 atom stereocenters. The van der Waals surface area contributed by atoms with Gasteiger partial charge >= 0.3 is 12.4 Å². The smallest absolute Gasteiger partial charge is 0.315 e. The lowest BCUT2D eigenvalue weighted by Gasteiger charge is -2.04. The molecule has 1 aromatic rings. The molecule has 0 bridgehead atoms. The summed E-state index contributed by atoms with van der Waals surface area (Å²) in [6.45, 7) is 0. The van der Waals surface area contributed by atoms with Gasteiger partial charge in [-0.1, -0.05) is 0 Å². The summed E-state index contributed by atoms with van der Waals surface area (Å²) in [6, 6.07) is -0.0278. The van der Waals surface area contributed by atoms with Gasteiger partial charge in [0.25, 0.3) is 0 Å². The minimum Gasteiger partial charge on any atom is -0.315 e. The van der Waals surface area contributed by atoms with Gasteiger partial charge in [-0.25, -0.2) is 0 Å². The molecule has 0 unspecified atom stereocenters. The van der Waals surface area contributed by atoms with E-state index < -0.39 is 23.7 Å². The molecule has 0 spiro atoms. The molecule has 0 aromatic carbocycles. The SMILES string of the molecule is Bn1nc(C(F)(F)F)cc1C(F)(F)F. The Bertz CT molecular complexity index is 337. The van der Waals surface area contributed by atoms with Crippen molar-refractivity contribution in [2.24, 2.45) is 0 Å². The van der Waals surface area contributed by atoms with E-state index >= 15 is 0 Å². The molecule has 0 N–H and O–H groups in total. The van der Waals surface area contributed by atoms with Crippen molar-refractivity contribution in [3.63, 3.8) is 0 Å². The van der Waals surface area contributed by atoms with E-state index in [-0.39, 0.29) is 10.7 Å². The highest BCUT2D eigenvalue weighted by molar-refractivity contribution is 6.06. The van der Waals surface area contributed by atoms with E-state index in [1.807, 2.05) is 0 Å². The van der Waals surface area contributed by atoms with E-state index in [0.29, 0.717) is 0 Å². The average Bonchev–Trinajstić information content (AvgIpc) is 2.27. The van der Waals surface area contributed by atoms with Crippen LogP contribution in [-0.4, -0.2) is 17.7 Å². The first-order chi connectivity index (χ1) is 6.12. The standard InChI is InChI=1S/C5H3BF6N2/c6-14-3(5(10,11)12)1-2(13-14)4(7,8)9/h1H,6H2. The number of hydrogen-bond donors (Lipinski definition) is 0. The second kappa shape index (κ2) is 2.92. The number of nitrogens with zero attached hydrogens (tertiary/aromatic N) is 2. The third-order valence-electron chi connectivity index (χ3n) is 1.46. The summed E-state index contributed by atoms with van der Waals surface area (Å²) in [4.78, 5) is 0. The Kier molecular flexibility index (Phi) is 2.28. The van der Waals surface area contributed by atoms with Crippen LogP contribution >= 0.6 is 0 Å². The van der Waals surface area contributed by atoms with Gasteiger partial charge in [-0.3, -0.25) is 0 Å². The van der Waals surface area contributed by atoms with Crippen molar-refractivity contribution in [3.8, 4) is 0 Å². The van der Waals surface area contributed by atoms with E-state index in [1.165, 1.54) is 0 Å². The van der Waals surface area contributed by atoms with Crippen LogP contribution in [0.15, 0.2) is 6.07 Å². The molecule has 0 fully saturated rings. The third kappa shape index (κ3) is 2.02. The molecule has 0 aliphatic heterocycles. The van der Waals surface area contributed by atoms with Gasteiger partial charge in [0.2, 0.25) is 7.98 Å². The van der Waals surface area contributed by atoms with Gasteiger partial charge in [-0.2, -0.15) is 31.4 Å². The number of alkyl halides is 6. The zero-order chi connectivity index (χ0) is 11.1. The summed E-state index contributed by atoms with van der Waals surface area (Å²) < 4.78 is 72.0. The fraction of sp³-hybridized carbons (Fsp3) is 0.400. The van der Waals surface area contributed by atoms with Crippen LogP contribution in [0.25, 0.3) is 0 Å². The Labute approximate surface area is 74.9 Å². The molecule has 0 radical (unpaired) electrons. The minimum atomic E-state index is -4.86. The Balaban J connectivity index is 3.19. The molecule has 2 nitrogen and oxygen atoms in total. The molecule has 0 aliphatic rings. The first-order valence-corrected chi connectivity index (χ1v) is 3.31. The van der Waals surface area contributed by atoms with Crippen LogP contribution in [0.3, 0.4) is 0 Å². The van der Waals surface area contributed by atoms with Gasteiger partial charge < -0.3 is 4.59 Å². The average molecular weight is 216 g/mol. The zero-order valence-corrected chi connectivity index (χ0v) is 6.74. The molecule has 1 heterocycles. The normalized spacial score (nSPS) is 13.3. The zero-order valence-electron chi connectivity index (χ0n) is 6.74. The van der Waals surface area contributed by atoms with Gasteiger partial charge in [-0.15, -0.1) is 0 Å². The summed E-state index contributed by atoms with van der Waals surface area (Å²) in [7, 11) is 0.804. The number of rotatable bonds is 0. The van der Waals surface area contributed by atoms with Gasteiger partial charge in [0.15, 0.2) is 5.69 Å². The largest absolute Gasteiger partial charge is 0.435 e. The lowest BCUT2D eigenvalue weighted by atomic mass is 10.3. The highest BCUT2D eigenvalue weighted by Gasteiger charge is 2.40. The molecule has 0 amide bonds. The summed E-state index contributed by atoms with van der Waals surface area (Å²) >= 11 is 0. The summed E-state index contributed by atoms with van der Waals surface area (Å²) in [5.41, 5.74) is -2.97. The highest BCUT2D eigenvalue weighted by Crippen LogP contribution is 2.34. The van der Waals surface area contributed by atoms with E-state index in [2.05, 4.69) is 5.10 Å². The molecular formula is C5H3BF6N2. The molecule has 0 saturated carbocycles. The molecule has 78 valence electrons. The number of hydrogen-bond acceptors (Lipinski definition) is 1. The maximum absolute atomic E-state index is 12.0. The van der Waals surface area contributed by atoms with Gasteiger partial charge in [-0.05, 0) is 6.07 Å². The Morgan fingerprint density at radius 3 is 1.79 bits per heavy atom. The van der Waals surface area contributed by atoms with Crippen molar-refractivity contribution in [1.29, 1.82) is 0 Å². The van der Waals surface area contributed by atoms with Crippen molar-refractivity contribution >= 4 is 7.98 Å². The maximum Gasteiger partial charge on any atom is 0.435 e. The predicted octanol–water partition coefficient (Wildman–Crippen LogP) is 1.32. The van der Waals surface area contributed by atoms with Gasteiger partial charge in [0.05, 0.1) is 0 Å². The Hall–Kier alpha value is -1.15. The fourth-order valence-corrected chi connectivity index (χ4v) is 0.871. The second-order valence-electron chi connectivity index (χ2n) is 2.53. The van der Waals surface area contributed by atoms with E-state index in [9.17, 15) is 26.3 Å². The van der Waals surface area contributed by atoms with Crippen molar-refractivity contribution in [2.45, 2.75) is 12.4 Å². The predicted molar refractivity (Wildman–Crippen MR) is 36.2 cm³/mol. The van der Waals surface area contributed by atoms with E-state index in [4.69, 9.17) is 0 Å². The topological polar surface area (TPSA) is 17.8 Å². The van der Waals surface area contributed by atoms with Crippen molar-refractivity contribution in [2.75, 3.05) is 0 Å². The third-order valence-corrected chi connectivity index (χ3v) is 1.46. The number of aromatic nitrogens is 2. The first-order valence-electron chi connectivity index (χ1n) is 3.31. The fourth-order valence-electron chi connectivity index (χ4n) is 0.871. The maximum atomic E-state index is 12.0. The van der Waals surface area contributed by atoms with Crippen LogP contribution in [-0.2, 0) is 12.4 Å². The minimum absolute atomic E-state index is 0.0278. The molecule has 14 heavy (non-hydrogen) atoms. The van der Waals surface area contributed by atoms with Gasteiger partial charge in [0.1, 0.15) is 5.69 Å². The van der Waals surface area contributed by atoms with Crippen LogP contribution in [0.1, 0.15) is 11.4 Å². The molecule has 9 heteroatoms.